The van der Waals surface area contributed by atoms with E-state index >= 15 is 0 Å². The fourth-order valence-electron chi connectivity index (χ4n) is 0.647. The molecule has 0 aliphatic carbocycles. The molecule has 0 atom stereocenters. The van der Waals surface area contributed by atoms with Gasteiger partial charge in [-0.1, -0.05) is 0 Å². The Balaban J connectivity index is 2.63. The van der Waals surface area contributed by atoms with Crippen molar-refractivity contribution in [3.63, 3.8) is 0 Å². The van der Waals surface area contributed by atoms with Crippen molar-refractivity contribution in [3.8, 4) is 5.75 Å². The van der Waals surface area contributed by atoms with Gasteiger partial charge in [0, 0.05) is 12.4 Å². The molecule has 0 aliphatic heterocycles. The zero-order chi connectivity index (χ0) is 9.03. The second kappa shape index (κ2) is 3.59. The maximum atomic E-state index is 10.8. The van der Waals surface area contributed by atoms with Crippen molar-refractivity contribution < 1.29 is 16.8 Å². The number of H-pyrrole nitrogens is 1. The lowest BCUT2D eigenvalue weighted by Crippen LogP contribution is -2.12. The molecule has 0 bridgehead atoms. The van der Waals surface area contributed by atoms with Crippen LogP contribution in [0.4, 0.5) is 0 Å². The molecule has 12 heavy (non-hydrogen) atoms. The van der Waals surface area contributed by atoms with Crippen LogP contribution in [0, 0.1) is 0 Å². The van der Waals surface area contributed by atoms with Gasteiger partial charge in [0.2, 0.25) is 0 Å². The van der Waals surface area contributed by atoms with Gasteiger partial charge < -0.3 is 9.17 Å². The quantitative estimate of drug-likeness (QED) is 0.759. The number of aromatic nitrogens is 1. The number of hydrogen-bond acceptors (Lipinski definition) is 4. The largest absolute Gasteiger partial charge is 0.449 e. The molecule has 5 nitrogen and oxygen atoms in total. The Morgan fingerprint density at radius 2 is 2.33 bits per heavy atom. The molecule has 0 aromatic carbocycles. The van der Waals surface area contributed by atoms with Gasteiger partial charge in [-0.05, 0) is 13.0 Å². The molecule has 68 valence electrons. The SMILES string of the molecule is CCOS(=O)(=O)Oc1cc[nH]c1. The standard InChI is InChI=1S/C6H9NO4S/c1-2-10-12(8,9)11-6-3-4-7-5-6/h3-5,7H,2H2,1H3. The first-order chi connectivity index (χ1) is 5.64. The maximum absolute atomic E-state index is 10.8. The van der Waals surface area contributed by atoms with Gasteiger partial charge in [0.05, 0.1) is 6.61 Å². The number of aromatic amines is 1. The van der Waals surface area contributed by atoms with Gasteiger partial charge in [0.15, 0.2) is 5.75 Å². The average molecular weight is 191 g/mol. The van der Waals surface area contributed by atoms with Crippen molar-refractivity contribution in [2.45, 2.75) is 6.92 Å². The van der Waals surface area contributed by atoms with Crippen molar-refractivity contribution in [2.24, 2.45) is 0 Å². The third-order valence-electron chi connectivity index (χ3n) is 1.03. The summed E-state index contributed by atoms with van der Waals surface area (Å²) in [6.07, 6.45) is 2.97. The predicted octanol–water partition coefficient (Wildman–Crippen LogP) is 0.675. The van der Waals surface area contributed by atoms with Gasteiger partial charge in [-0.15, -0.1) is 0 Å². The third kappa shape index (κ3) is 2.55. The minimum atomic E-state index is -3.87. The summed E-state index contributed by atoms with van der Waals surface area (Å²) in [6.45, 7) is 1.63. The van der Waals surface area contributed by atoms with E-state index in [1.54, 1.807) is 13.1 Å². The lowest BCUT2D eigenvalue weighted by atomic mass is 10.6. The molecule has 0 amide bonds. The van der Waals surface area contributed by atoms with Crippen LogP contribution in [-0.4, -0.2) is 20.0 Å². The Morgan fingerprint density at radius 3 is 2.83 bits per heavy atom. The first-order valence-corrected chi connectivity index (χ1v) is 4.69. The van der Waals surface area contributed by atoms with Gasteiger partial charge in [0.25, 0.3) is 0 Å². The summed E-state index contributed by atoms with van der Waals surface area (Å²) >= 11 is 0. The van der Waals surface area contributed by atoms with E-state index in [0.717, 1.165) is 0 Å². The summed E-state index contributed by atoms with van der Waals surface area (Å²) in [4.78, 5) is 2.65. The highest BCUT2D eigenvalue weighted by Crippen LogP contribution is 2.10. The maximum Gasteiger partial charge on any atom is 0.449 e. The molecule has 0 saturated heterocycles. The zero-order valence-corrected chi connectivity index (χ0v) is 7.30. The van der Waals surface area contributed by atoms with E-state index in [-0.39, 0.29) is 12.4 Å². The van der Waals surface area contributed by atoms with Crippen LogP contribution in [0.3, 0.4) is 0 Å². The Labute approximate surface area is 70.6 Å². The lowest BCUT2D eigenvalue weighted by molar-refractivity contribution is 0.288. The van der Waals surface area contributed by atoms with Gasteiger partial charge in [-0.2, -0.15) is 8.42 Å². The van der Waals surface area contributed by atoms with Crippen LogP contribution in [0.15, 0.2) is 18.5 Å². The summed E-state index contributed by atoms with van der Waals surface area (Å²) in [7, 11) is -3.87. The van der Waals surface area contributed by atoms with E-state index in [1.165, 1.54) is 12.3 Å². The first-order valence-electron chi connectivity index (χ1n) is 3.35. The van der Waals surface area contributed by atoms with Gasteiger partial charge in [0.1, 0.15) is 0 Å². The van der Waals surface area contributed by atoms with E-state index in [4.69, 9.17) is 0 Å². The van der Waals surface area contributed by atoms with Gasteiger partial charge in [-0.3, -0.25) is 0 Å². The molecule has 1 rings (SSSR count). The summed E-state index contributed by atoms with van der Waals surface area (Å²) in [6, 6.07) is 1.48. The molecule has 1 aromatic rings. The van der Waals surface area contributed by atoms with Gasteiger partial charge >= 0.3 is 10.4 Å². The van der Waals surface area contributed by atoms with Crippen molar-refractivity contribution in [1.29, 1.82) is 0 Å². The fraction of sp³-hybridized carbons (Fsp3) is 0.333. The average Bonchev–Trinajstić information content (AvgIpc) is 2.38. The number of hydrogen-bond donors (Lipinski definition) is 1. The normalized spacial score (nSPS) is 11.4. The van der Waals surface area contributed by atoms with E-state index in [9.17, 15) is 8.42 Å². The van der Waals surface area contributed by atoms with Crippen LogP contribution in [0.25, 0.3) is 0 Å². The summed E-state index contributed by atoms with van der Waals surface area (Å²) < 4.78 is 30.5. The van der Waals surface area contributed by atoms with E-state index < -0.39 is 10.4 Å². The summed E-state index contributed by atoms with van der Waals surface area (Å²) in [5.74, 6) is 0.212. The molecule has 0 radical (unpaired) electrons. The fourth-order valence-corrected chi connectivity index (χ4v) is 1.32. The lowest BCUT2D eigenvalue weighted by Gasteiger charge is -2.01. The topological polar surface area (TPSA) is 68.4 Å². The molecule has 1 N–H and O–H groups in total. The first kappa shape index (κ1) is 9.08. The van der Waals surface area contributed by atoms with Crippen molar-refractivity contribution in [3.05, 3.63) is 18.5 Å². The van der Waals surface area contributed by atoms with Crippen LogP contribution in [0.2, 0.25) is 0 Å². The molecule has 0 saturated carbocycles. The molecular weight excluding hydrogens is 182 g/mol. The van der Waals surface area contributed by atoms with Crippen LogP contribution >= 0.6 is 0 Å². The monoisotopic (exact) mass is 191 g/mol. The van der Waals surface area contributed by atoms with Crippen LogP contribution in [-0.2, 0) is 14.6 Å². The highest BCUT2D eigenvalue weighted by atomic mass is 32.3. The number of nitrogens with one attached hydrogen (secondary N) is 1. The minimum absolute atomic E-state index is 0.0623. The molecule has 0 fully saturated rings. The van der Waals surface area contributed by atoms with E-state index in [1.807, 2.05) is 0 Å². The second-order valence-electron chi connectivity index (χ2n) is 1.94. The Bertz CT molecular complexity index is 315. The smallest absolute Gasteiger partial charge is 0.364 e. The molecule has 0 spiro atoms. The zero-order valence-electron chi connectivity index (χ0n) is 6.48. The van der Waals surface area contributed by atoms with Crippen molar-refractivity contribution in [2.75, 3.05) is 6.61 Å². The van der Waals surface area contributed by atoms with Crippen LogP contribution in [0.1, 0.15) is 6.92 Å². The third-order valence-corrected chi connectivity index (χ3v) is 1.95. The Hall–Kier alpha value is -1.01. The minimum Gasteiger partial charge on any atom is -0.364 e. The highest BCUT2D eigenvalue weighted by Gasteiger charge is 2.11. The van der Waals surface area contributed by atoms with Gasteiger partial charge in [-0.25, -0.2) is 4.18 Å². The molecule has 1 aromatic heterocycles. The summed E-state index contributed by atoms with van der Waals surface area (Å²) in [5, 5.41) is 0. The van der Waals surface area contributed by atoms with Crippen molar-refractivity contribution >= 4 is 10.4 Å². The molecule has 6 heteroatoms. The molecular formula is C6H9NO4S. The second-order valence-corrected chi connectivity index (χ2v) is 3.16. The van der Waals surface area contributed by atoms with Crippen LogP contribution < -0.4 is 4.18 Å². The Kier molecular flexibility index (Phi) is 2.72. The van der Waals surface area contributed by atoms with Crippen LogP contribution in [0.5, 0.6) is 5.75 Å². The summed E-state index contributed by atoms with van der Waals surface area (Å²) in [5.41, 5.74) is 0. The predicted molar refractivity (Wildman–Crippen MR) is 42.0 cm³/mol. The molecule has 1 heterocycles. The Morgan fingerprint density at radius 1 is 1.58 bits per heavy atom. The van der Waals surface area contributed by atoms with E-state index in [2.05, 4.69) is 13.4 Å². The molecule has 0 aliphatic rings. The number of rotatable bonds is 4. The van der Waals surface area contributed by atoms with E-state index in [0.29, 0.717) is 0 Å². The molecule has 0 unspecified atom stereocenters. The highest BCUT2D eigenvalue weighted by molar-refractivity contribution is 7.82. The van der Waals surface area contributed by atoms with Crippen molar-refractivity contribution in [1.82, 2.24) is 4.98 Å².